The molecule has 2 nitrogen and oxygen atoms in total. The first-order chi connectivity index (χ1) is 8.16. The van der Waals surface area contributed by atoms with E-state index >= 15 is 0 Å². The van der Waals surface area contributed by atoms with E-state index in [1.165, 1.54) is 4.88 Å². The highest BCUT2D eigenvalue weighted by Crippen LogP contribution is 2.27. The topological polar surface area (TPSA) is 32.3 Å². The quantitative estimate of drug-likeness (QED) is 0.881. The van der Waals surface area contributed by atoms with Crippen LogP contribution in [0.1, 0.15) is 10.4 Å². The van der Waals surface area contributed by atoms with Crippen LogP contribution in [0, 0.1) is 0 Å². The van der Waals surface area contributed by atoms with Crippen LogP contribution in [0.4, 0.5) is 0 Å². The van der Waals surface area contributed by atoms with Gasteiger partial charge in [-0.2, -0.15) is 0 Å². The molecule has 0 saturated heterocycles. The molecule has 5 heteroatoms. The molecule has 1 heterocycles. The molecule has 1 aromatic carbocycles. The van der Waals surface area contributed by atoms with Gasteiger partial charge in [0.15, 0.2) is 0 Å². The highest BCUT2D eigenvalue weighted by molar-refractivity contribution is 9.11. The molecule has 17 heavy (non-hydrogen) atoms. The maximum Gasteiger partial charge on any atom is 0.138 e. The largest absolute Gasteiger partial charge is 0.506 e. The van der Waals surface area contributed by atoms with Crippen molar-refractivity contribution in [2.24, 2.45) is 0 Å². The lowest BCUT2D eigenvalue weighted by Gasteiger charge is -2.06. The molecule has 0 atom stereocenters. The summed E-state index contributed by atoms with van der Waals surface area (Å²) in [6, 6.07) is 9.47. The second-order valence-corrected chi connectivity index (χ2v) is 6.51. The third-order valence-electron chi connectivity index (χ3n) is 2.31. The van der Waals surface area contributed by atoms with Gasteiger partial charge in [0.2, 0.25) is 0 Å². The molecule has 0 aliphatic rings. The number of hydrogen-bond donors (Lipinski definition) is 2. The van der Waals surface area contributed by atoms with Crippen LogP contribution in [0.2, 0.25) is 5.02 Å². The summed E-state index contributed by atoms with van der Waals surface area (Å²) < 4.78 is 1.12. The van der Waals surface area contributed by atoms with E-state index in [9.17, 15) is 5.11 Å². The molecular weight excluding hydrogens is 322 g/mol. The molecular formula is C12H11BrClNOS. The molecule has 90 valence electrons. The predicted octanol–water partition coefficient (Wildman–Crippen LogP) is 4.16. The Balaban J connectivity index is 1.92. The Morgan fingerprint density at radius 2 is 2.06 bits per heavy atom. The summed E-state index contributed by atoms with van der Waals surface area (Å²) in [6.07, 6.45) is 0. The zero-order chi connectivity index (χ0) is 12.3. The summed E-state index contributed by atoms with van der Waals surface area (Å²) in [6.45, 7) is 1.38. The Labute approximate surface area is 117 Å². The molecule has 0 saturated carbocycles. The number of halogens is 2. The first-order valence-electron chi connectivity index (χ1n) is 5.08. The number of aromatic hydroxyl groups is 1. The van der Waals surface area contributed by atoms with Crippen molar-refractivity contribution >= 4 is 38.9 Å². The van der Waals surface area contributed by atoms with Crippen LogP contribution in [0.3, 0.4) is 0 Å². The summed E-state index contributed by atoms with van der Waals surface area (Å²) in [7, 11) is 0. The maximum atomic E-state index is 9.72. The van der Waals surface area contributed by atoms with Gasteiger partial charge in [-0.15, -0.1) is 11.3 Å². The van der Waals surface area contributed by atoms with Crippen molar-refractivity contribution in [1.29, 1.82) is 0 Å². The summed E-state index contributed by atoms with van der Waals surface area (Å²) in [4.78, 5) is 1.25. The van der Waals surface area contributed by atoms with Crippen LogP contribution in [0.25, 0.3) is 0 Å². The molecule has 0 fully saturated rings. The molecule has 0 aliphatic heterocycles. The lowest BCUT2D eigenvalue weighted by molar-refractivity contribution is 0.465. The number of para-hydroxylation sites is 1. The molecule has 0 unspecified atom stereocenters. The number of benzene rings is 1. The molecule has 2 rings (SSSR count). The van der Waals surface area contributed by atoms with Gasteiger partial charge in [0.1, 0.15) is 5.75 Å². The summed E-state index contributed by atoms with van der Waals surface area (Å²) >= 11 is 11.0. The van der Waals surface area contributed by atoms with Crippen LogP contribution in [-0.4, -0.2) is 5.11 Å². The minimum absolute atomic E-state index is 0.161. The first-order valence-corrected chi connectivity index (χ1v) is 7.07. The monoisotopic (exact) mass is 331 g/mol. The highest BCUT2D eigenvalue weighted by Gasteiger charge is 2.04. The molecule has 0 amide bonds. The minimum atomic E-state index is 0.161. The van der Waals surface area contributed by atoms with Gasteiger partial charge in [0.05, 0.1) is 8.81 Å². The van der Waals surface area contributed by atoms with Crippen LogP contribution < -0.4 is 5.32 Å². The van der Waals surface area contributed by atoms with Gasteiger partial charge in [-0.3, -0.25) is 0 Å². The fourth-order valence-electron chi connectivity index (χ4n) is 1.47. The van der Waals surface area contributed by atoms with Gasteiger partial charge in [-0.1, -0.05) is 23.7 Å². The number of rotatable bonds is 4. The summed E-state index contributed by atoms with van der Waals surface area (Å²) in [5.74, 6) is 0.161. The molecule has 2 aromatic rings. The van der Waals surface area contributed by atoms with Crippen molar-refractivity contribution in [3.63, 3.8) is 0 Å². The SMILES string of the molecule is Oc1c(Cl)cccc1CNCc1ccc(Br)s1. The van der Waals surface area contributed by atoms with Crippen LogP contribution in [0.5, 0.6) is 5.75 Å². The molecule has 0 spiro atoms. The van der Waals surface area contributed by atoms with Gasteiger partial charge in [0, 0.05) is 23.5 Å². The van der Waals surface area contributed by atoms with Crippen molar-refractivity contribution in [2.75, 3.05) is 0 Å². The Morgan fingerprint density at radius 1 is 1.24 bits per heavy atom. The van der Waals surface area contributed by atoms with Gasteiger partial charge >= 0.3 is 0 Å². The summed E-state index contributed by atoms with van der Waals surface area (Å²) in [5, 5.41) is 13.4. The van der Waals surface area contributed by atoms with Gasteiger partial charge in [-0.05, 0) is 34.1 Å². The third-order valence-corrected chi connectivity index (χ3v) is 4.24. The third kappa shape index (κ3) is 3.45. The second-order valence-electron chi connectivity index (χ2n) is 3.56. The predicted molar refractivity (Wildman–Crippen MR) is 75.7 cm³/mol. The van der Waals surface area contributed by atoms with Crippen LogP contribution in [-0.2, 0) is 13.1 Å². The number of phenolic OH excluding ortho intramolecular Hbond substituents is 1. The summed E-state index contributed by atoms with van der Waals surface area (Å²) in [5.41, 5.74) is 0.813. The van der Waals surface area contributed by atoms with Crippen molar-refractivity contribution in [1.82, 2.24) is 5.32 Å². The number of hydrogen-bond acceptors (Lipinski definition) is 3. The van der Waals surface area contributed by atoms with Crippen molar-refractivity contribution < 1.29 is 5.11 Å². The average molecular weight is 333 g/mol. The van der Waals surface area contributed by atoms with E-state index in [1.807, 2.05) is 18.2 Å². The first kappa shape index (κ1) is 12.9. The van der Waals surface area contributed by atoms with Gasteiger partial charge < -0.3 is 10.4 Å². The lowest BCUT2D eigenvalue weighted by atomic mass is 10.2. The van der Waals surface area contributed by atoms with Gasteiger partial charge in [0.25, 0.3) is 0 Å². The van der Waals surface area contributed by atoms with E-state index < -0.39 is 0 Å². The fourth-order valence-corrected chi connectivity index (χ4v) is 3.12. The molecule has 2 N–H and O–H groups in total. The van der Waals surface area contributed by atoms with E-state index in [0.717, 1.165) is 15.9 Å². The zero-order valence-electron chi connectivity index (χ0n) is 8.91. The van der Waals surface area contributed by atoms with Gasteiger partial charge in [-0.25, -0.2) is 0 Å². The van der Waals surface area contributed by atoms with Crippen molar-refractivity contribution in [3.8, 4) is 5.75 Å². The zero-order valence-corrected chi connectivity index (χ0v) is 12.1. The van der Waals surface area contributed by atoms with Crippen LogP contribution >= 0.6 is 38.9 Å². The van der Waals surface area contributed by atoms with E-state index in [0.29, 0.717) is 11.6 Å². The Kier molecular flexibility index (Phi) is 4.45. The smallest absolute Gasteiger partial charge is 0.138 e. The standard InChI is InChI=1S/C12H11BrClNOS/c13-11-5-4-9(17-11)7-15-6-8-2-1-3-10(14)12(8)16/h1-5,15-16H,6-7H2. The molecule has 0 radical (unpaired) electrons. The molecule has 1 aromatic heterocycles. The molecule has 0 aliphatic carbocycles. The fraction of sp³-hybridized carbons (Fsp3) is 0.167. The minimum Gasteiger partial charge on any atom is -0.506 e. The Bertz CT molecular complexity index is 515. The number of phenols is 1. The number of thiophene rings is 1. The van der Waals surface area contributed by atoms with Crippen molar-refractivity contribution in [3.05, 3.63) is 49.6 Å². The maximum absolute atomic E-state index is 9.72. The highest BCUT2D eigenvalue weighted by atomic mass is 79.9. The normalized spacial score (nSPS) is 10.7. The second kappa shape index (κ2) is 5.87. The van der Waals surface area contributed by atoms with E-state index in [1.54, 1.807) is 17.4 Å². The number of nitrogens with one attached hydrogen (secondary N) is 1. The van der Waals surface area contributed by atoms with Crippen LogP contribution in [0.15, 0.2) is 34.1 Å². The van der Waals surface area contributed by atoms with E-state index in [2.05, 4.69) is 27.3 Å². The molecule has 0 bridgehead atoms. The van der Waals surface area contributed by atoms with E-state index in [-0.39, 0.29) is 5.75 Å². The lowest BCUT2D eigenvalue weighted by Crippen LogP contribution is -2.11. The Morgan fingerprint density at radius 3 is 2.76 bits per heavy atom. The van der Waals surface area contributed by atoms with Crippen molar-refractivity contribution in [2.45, 2.75) is 13.1 Å². The Hall–Kier alpha value is -0.550. The van der Waals surface area contributed by atoms with E-state index in [4.69, 9.17) is 11.6 Å². The average Bonchev–Trinajstić information content (AvgIpc) is 2.70.